The summed E-state index contributed by atoms with van der Waals surface area (Å²) in [6, 6.07) is 7.81. The highest BCUT2D eigenvalue weighted by atomic mass is 79.9. The number of thioether (sulfide) groups is 1. The molecule has 0 heterocycles. The van der Waals surface area contributed by atoms with E-state index in [-0.39, 0.29) is 5.91 Å². The number of rotatable bonds is 4. The molecule has 1 aliphatic rings. The number of benzene rings is 1. The number of nitrogens with one attached hydrogen (secondary N) is 1. The van der Waals surface area contributed by atoms with Crippen LogP contribution in [-0.4, -0.2) is 17.2 Å². The van der Waals surface area contributed by atoms with Crippen molar-refractivity contribution in [2.24, 2.45) is 0 Å². The lowest BCUT2D eigenvalue weighted by atomic mass is 9.83. The van der Waals surface area contributed by atoms with Gasteiger partial charge >= 0.3 is 0 Å². The van der Waals surface area contributed by atoms with Crippen molar-refractivity contribution in [3.8, 4) is 6.07 Å². The summed E-state index contributed by atoms with van der Waals surface area (Å²) < 4.78 is 0.882. The second-order valence-electron chi connectivity index (χ2n) is 5.28. The Labute approximate surface area is 137 Å². The number of hydrogen-bond acceptors (Lipinski definition) is 4. The van der Waals surface area contributed by atoms with Gasteiger partial charge in [-0.2, -0.15) is 5.26 Å². The number of carbonyl (C=O) groups excluding carboxylic acids is 1. The van der Waals surface area contributed by atoms with Crippen LogP contribution in [0.25, 0.3) is 0 Å². The molecule has 0 bridgehead atoms. The second kappa shape index (κ2) is 7.19. The van der Waals surface area contributed by atoms with Crippen LogP contribution in [0.1, 0.15) is 32.1 Å². The van der Waals surface area contributed by atoms with Crippen LogP contribution in [0.5, 0.6) is 0 Å². The van der Waals surface area contributed by atoms with Gasteiger partial charge < -0.3 is 11.1 Å². The number of hydrogen-bond donors (Lipinski definition) is 2. The third-order valence-electron chi connectivity index (χ3n) is 3.61. The first-order valence-corrected chi connectivity index (χ1v) is 8.73. The topological polar surface area (TPSA) is 78.9 Å². The van der Waals surface area contributed by atoms with Crippen molar-refractivity contribution in [3.05, 3.63) is 22.7 Å². The molecule has 1 aromatic carbocycles. The number of nitrogen functional groups attached to an aromatic ring is 1. The molecule has 0 spiro atoms. The van der Waals surface area contributed by atoms with E-state index in [9.17, 15) is 10.1 Å². The van der Waals surface area contributed by atoms with Crippen molar-refractivity contribution in [1.82, 2.24) is 5.32 Å². The molecule has 1 aliphatic carbocycles. The molecule has 1 fully saturated rings. The molecule has 3 N–H and O–H groups in total. The van der Waals surface area contributed by atoms with Crippen LogP contribution in [0.2, 0.25) is 0 Å². The fourth-order valence-electron chi connectivity index (χ4n) is 2.50. The van der Waals surface area contributed by atoms with Gasteiger partial charge in [-0.25, -0.2) is 0 Å². The van der Waals surface area contributed by atoms with Crippen LogP contribution < -0.4 is 11.1 Å². The van der Waals surface area contributed by atoms with Crippen LogP contribution in [0, 0.1) is 11.3 Å². The number of anilines is 1. The van der Waals surface area contributed by atoms with E-state index in [0.29, 0.717) is 11.4 Å². The number of amides is 1. The molecule has 0 aliphatic heterocycles. The Hall–Kier alpha value is -1.19. The Bertz CT molecular complexity index is 565. The first-order valence-electron chi connectivity index (χ1n) is 6.95. The van der Waals surface area contributed by atoms with Crippen molar-refractivity contribution < 1.29 is 4.79 Å². The summed E-state index contributed by atoms with van der Waals surface area (Å²) in [5.74, 6) is 0.207. The van der Waals surface area contributed by atoms with Gasteiger partial charge in [-0.1, -0.05) is 19.3 Å². The minimum Gasteiger partial charge on any atom is -0.399 e. The summed E-state index contributed by atoms with van der Waals surface area (Å²) in [4.78, 5) is 13.1. The summed E-state index contributed by atoms with van der Waals surface area (Å²) in [6.07, 6.45) is 4.67. The highest BCUT2D eigenvalue weighted by molar-refractivity contribution is 9.10. The zero-order valence-electron chi connectivity index (χ0n) is 11.7. The first-order chi connectivity index (χ1) is 10.0. The largest absolute Gasteiger partial charge is 0.399 e. The molecule has 4 nitrogen and oxygen atoms in total. The maximum Gasteiger partial charge on any atom is 0.231 e. The smallest absolute Gasteiger partial charge is 0.231 e. The quantitative estimate of drug-likeness (QED) is 0.630. The van der Waals surface area contributed by atoms with Gasteiger partial charge in [0, 0.05) is 15.1 Å². The zero-order valence-corrected chi connectivity index (χ0v) is 14.1. The number of nitriles is 1. The summed E-state index contributed by atoms with van der Waals surface area (Å²) in [5.41, 5.74) is 5.71. The van der Waals surface area contributed by atoms with Gasteiger partial charge in [-0.15, -0.1) is 11.8 Å². The standard InChI is InChI=1S/C15H18BrN3OS/c16-12-8-11(18)4-5-13(12)21-9-14(20)19-15(10-17)6-2-1-3-7-15/h4-5,8H,1-3,6-7,9,18H2,(H,19,20). The summed E-state index contributed by atoms with van der Waals surface area (Å²) in [5, 5.41) is 12.3. The van der Waals surface area contributed by atoms with Crippen molar-refractivity contribution >= 4 is 39.3 Å². The van der Waals surface area contributed by atoms with Gasteiger partial charge in [0.1, 0.15) is 5.54 Å². The van der Waals surface area contributed by atoms with Crippen LogP contribution in [0.4, 0.5) is 5.69 Å². The van der Waals surface area contributed by atoms with Crippen molar-refractivity contribution in [2.45, 2.75) is 42.5 Å². The monoisotopic (exact) mass is 367 g/mol. The van der Waals surface area contributed by atoms with Gasteiger partial charge in [0.05, 0.1) is 11.8 Å². The van der Waals surface area contributed by atoms with E-state index in [1.54, 1.807) is 0 Å². The van der Waals surface area contributed by atoms with E-state index < -0.39 is 5.54 Å². The average molecular weight is 368 g/mol. The Morgan fingerprint density at radius 1 is 1.43 bits per heavy atom. The third-order valence-corrected chi connectivity index (χ3v) is 5.61. The van der Waals surface area contributed by atoms with Crippen molar-refractivity contribution in [1.29, 1.82) is 5.26 Å². The predicted octanol–water partition coefficient (Wildman–Crippen LogP) is 3.47. The van der Waals surface area contributed by atoms with Crippen molar-refractivity contribution in [3.63, 3.8) is 0 Å². The summed E-state index contributed by atoms with van der Waals surface area (Å²) >= 11 is 4.87. The molecule has 1 saturated carbocycles. The maximum absolute atomic E-state index is 12.1. The number of nitrogens with zero attached hydrogens (tertiary/aromatic N) is 1. The third kappa shape index (κ3) is 4.39. The molecule has 2 rings (SSSR count). The minimum atomic E-state index is -0.658. The van der Waals surface area contributed by atoms with Gasteiger partial charge in [0.15, 0.2) is 0 Å². The van der Waals surface area contributed by atoms with E-state index in [1.807, 2.05) is 18.2 Å². The summed E-state index contributed by atoms with van der Waals surface area (Å²) in [7, 11) is 0. The molecule has 0 saturated heterocycles. The molecular weight excluding hydrogens is 350 g/mol. The molecule has 112 valence electrons. The molecule has 1 aromatic rings. The van der Waals surface area contributed by atoms with E-state index in [2.05, 4.69) is 27.3 Å². The highest BCUT2D eigenvalue weighted by Crippen LogP contribution is 2.30. The van der Waals surface area contributed by atoms with Crippen LogP contribution in [0.15, 0.2) is 27.6 Å². The van der Waals surface area contributed by atoms with E-state index in [4.69, 9.17) is 5.73 Å². The van der Waals surface area contributed by atoms with Gasteiger partial charge in [-0.05, 0) is 47.0 Å². The normalized spacial score (nSPS) is 17.0. The molecule has 21 heavy (non-hydrogen) atoms. The lowest BCUT2D eigenvalue weighted by molar-refractivity contribution is -0.120. The van der Waals surface area contributed by atoms with E-state index in [1.165, 1.54) is 11.8 Å². The van der Waals surface area contributed by atoms with Crippen LogP contribution >= 0.6 is 27.7 Å². The second-order valence-corrected chi connectivity index (χ2v) is 7.15. The lowest BCUT2D eigenvalue weighted by Crippen LogP contribution is -2.49. The van der Waals surface area contributed by atoms with Crippen molar-refractivity contribution in [2.75, 3.05) is 11.5 Å². The zero-order chi connectivity index (χ0) is 15.3. The summed E-state index contributed by atoms with van der Waals surface area (Å²) in [6.45, 7) is 0. The fraction of sp³-hybridized carbons (Fsp3) is 0.467. The minimum absolute atomic E-state index is 0.0906. The molecule has 6 heteroatoms. The van der Waals surface area contributed by atoms with E-state index >= 15 is 0 Å². The molecule has 1 amide bonds. The number of halogens is 1. The molecule has 0 radical (unpaired) electrons. The van der Waals surface area contributed by atoms with Gasteiger partial charge in [0.2, 0.25) is 5.91 Å². The highest BCUT2D eigenvalue weighted by Gasteiger charge is 2.33. The number of nitrogens with two attached hydrogens (primary N) is 1. The molecular formula is C15H18BrN3OS. The first kappa shape index (κ1) is 16.2. The SMILES string of the molecule is N#CC1(NC(=O)CSc2ccc(N)cc2Br)CCCCC1. The maximum atomic E-state index is 12.1. The molecule has 0 atom stereocenters. The van der Waals surface area contributed by atoms with E-state index in [0.717, 1.165) is 41.5 Å². The van der Waals surface area contributed by atoms with Crippen LogP contribution in [-0.2, 0) is 4.79 Å². The predicted molar refractivity (Wildman–Crippen MR) is 88.9 cm³/mol. The Kier molecular flexibility index (Phi) is 5.54. The fourth-order valence-corrected chi connectivity index (χ4v) is 3.96. The van der Waals surface area contributed by atoms with Gasteiger partial charge in [0.25, 0.3) is 0 Å². The molecule has 0 unspecified atom stereocenters. The lowest BCUT2D eigenvalue weighted by Gasteiger charge is -2.31. The molecule has 0 aromatic heterocycles. The average Bonchev–Trinajstić information content (AvgIpc) is 2.47. The van der Waals surface area contributed by atoms with Gasteiger partial charge in [-0.3, -0.25) is 4.79 Å². The Morgan fingerprint density at radius 2 is 2.14 bits per heavy atom. The van der Waals surface area contributed by atoms with Crippen LogP contribution in [0.3, 0.4) is 0 Å². The Balaban J connectivity index is 1.91. The Morgan fingerprint density at radius 3 is 2.76 bits per heavy atom. The number of carbonyl (C=O) groups is 1.